The van der Waals surface area contributed by atoms with E-state index >= 15 is 0 Å². The molecule has 136 valence electrons. The molecule has 1 N–H and O–H groups in total. The summed E-state index contributed by atoms with van der Waals surface area (Å²) < 4.78 is 5.03. The van der Waals surface area contributed by atoms with E-state index in [4.69, 9.17) is 4.74 Å². The Morgan fingerprint density at radius 1 is 1.24 bits per heavy atom. The number of nitrogens with one attached hydrogen (secondary N) is 1. The van der Waals surface area contributed by atoms with Crippen molar-refractivity contribution in [3.63, 3.8) is 0 Å². The summed E-state index contributed by atoms with van der Waals surface area (Å²) in [5.74, 6) is 0.339. The molecule has 0 unspecified atom stereocenters. The van der Waals surface area contributed by atoms with Crippen molar-refractivity contribution in [2.24, 2.45) is 11.8 Å². The third-order valence-electron chi connectivity index (χ3n) is 4.93. The van der Waals surface area contributed by atoms with Gasteiger partial charge in [-0.15, -0.1) is 11.8 Å². The van der Waals surface area contributed by atoms with Crippen LogP contribution in [0.5, 0.6) is 0 Å². The van der Waals surface area contributed by atoms with Crippen LogP contribution in [0.25, 0.3) is 6.08 Å². The molecule has 0 spiro atoms. The number of hydrogen-bond acceptors (Lipinski definition) is 4. The number of hydrogen-bond donors (Lipinski definition) is 1. The molecule has 0 heterocycles. The molecule has 1 fully saturated rings. The van der Waals surface area contributed by atoms with Gasteiger partial charge in [-0.25, -0.2) is 4.79 Å². The Labute approximate surface area is 154 Å². The monoisotopic (exact) mass is 361 g/mol. The molecule has 0 aromatic heterocycles. The fourth-order valence-electron chi connectivity index (χ4n) is 3.10. The Morgan fingerprint density at radius 3 is 2.64 bits per heavy atom. The molecule has 1 aromatic rings. The Kier molecular flexibility index (Phi) is 7.56. The van der Waals surface area contributed by atoms with Gasteiger partial charge in [0.25, 0.3) is 5.91 Å². The van der Waals surface area contributed by atoms with Crippen LogP contribution < -0.4 is 5.32 Å². The van der Waals surface area contributed by atoms with Crippen molar-refractivity contribution in [3.8, 4) is 0 Å². The highest BCUT2D eigenvalue weighted by molar-refractivity contribution is 7.98. The van der Waals surface area contributed by atoms with E-state index in [9.17, 15) is 9.59 Å². The largest absolute Gasteiger partial charge is 0.452 e. The molecule has 2 rings (SSSR count). The van der Waals surface area contributed by atoms with Crippen molar-refractivity contribution >= 4 is 29.7 Å². The lowest BCUT2D eigenvalue weighted by atomic mass is 9.78. The average molecular weight is 362 g/mol. The van der Waals surface area contributed by atoms with Gasteiger partial charge in [0, 0.05) is 17.0 Å². The molecule has 1 saturated carbocycles. The van der Waals surface area contributed by atoms with Crippen LogP contribution in [0.4, 0.5) is 0 Å². The summed E-state index contributed by atoms with van der Waals surface area (Å²) in [7, 11) is 0. The summed E-state index contributed by atoms with van der Waals surface area (Å²) in [5.41, 5.74) is 0.921. The Balaban J connectivity index is 1.75. The maximum absolute atomic E-state index is 12.0. The number of rotatable bonds is 6. The maximum atomic E-state index is 12.0. The molecule has 1 aliphatic rings. The number of thioether (sulfide) groups is 1. The van der Waals surface area contributed by atoms with Gasteiger partial charge in [0.05, 0.1) is 0 Å². The third-order valence-corrected chi connectivity index (χ3v) is 5.67. The van der Waals surface area contributed by atoms with Crippen LogP contribution in [-0.4, -0.2) is 30.8 Å². The lowest BCUT2D eigenvalue weighted by molar-refractivity contribution is -0.144. The summed E-state index contributed by atoms with van der Waals surface area (Å²) in [5, 5.41) is 3.00. The molecule has 3 atom stereocenters. The SMILES string of the molecule is CSc1ccc(/C=C/C(=O)OCC(=O)N[C@H]2CCC[C@H](C)[C@H]2C)cc1. The zero-order valence-corrected chi connectivity index (χ0v) is 16.0. The highest BCUT2D eigenvalue weighted by atomic mass is 32.2. The van der Waals surface area contributed by atoms with Crippen LogP contribution in [0, 0.1) is 11.8 Å². The second-order valence-electron chi connectivity index (χ2n) is 6.66. The van der Waals surface area contributed by atoms with Gasteiger partial charge >= 0.3 is 5.97 Å². The number of ether oxygens (including phenoxy) is 1. The Hall–Kier alpha value is -1.75. The summed E-state index contributed by atoms with van der Waals surface area (Å²) in [6.07, 6.45) is 8.40. The lowest BCUT2D eigenvalue weighted by Gasteiger charge is -2.34. The van der Waals surface area contributed by atoms with E-state index < -0.39 is 5.97 Å². The molecule has 0 bridgehead atoms. The maximum Gasteiger partial charge on any atom is 0.331 e. The summed E-state index contributed by atoms with van der Waals surface area (Å²) >= 11 is 1.67. The highest BCUT2D eigenvalue weighted by Gasteiger charge is 2.28. The van der Waals surface area contributed by atoms with Gasteiger partial charge in [-0.2, -0.15) is 0 Å². The van der Waals surface area contributed by atoms with Crippen molar-refractivity contribution in [3.05, 3.63) is 35.9 Å². The van der Waals surface area contributed by atoms with Crippen LogP contribution >= 0.6 is 11.8 Å². The van der Waals surface area contributed by atoms with Gasteiger partial charge in [0.15, 0.2) is 6.61 Å². The van der Waals surface area contributed by atoms with Crippen molar-refractivity contribution in [2.45, 2.75) is 44.0 Å². The molecule has 0 aliphatic heterocycles. The van der Waals surface area contributed by atoms with E-state index in [1.807, 2.05) is 30.5 Å². The van der Waals surface area contributed by atoms with E-state index in [1.54, 1.807) is 17.8 Å². The van der Waals surface area contributed by atoms with Crippen molar-refractivity contribution < 1.29 is 14.3 Å². The summed E-state index contributed by atoms with van der Waals surface area (Å²) in [6.45, 7) is 4.16. The second-order valence-corrected chi connectivity index (χ2v) is 7.54. The van der Waals surface area contributed by atoms with E-state index in [1.165, 1.54) is 17.4 Å². The molecule has 0 radical (unpaired) electrons. The number of carbonyl (C=O) groups excluding carboxylic acids is 2. The van der Waals surface area contributed by atoms with Gasteiger partial charge in [0.2, 0.25) is 0 Å². The minimum atomic E-state index is -0.505. The van der Waals surface area contributed by atoms with E-state index in [2.05, 4.69) is 19.2 Å². The van der Waals surface area contributed by atoms with E-state index in [-0.39, 0.29) is 18.6 Å². The number of carbonyl (C=O) groups is 2. The van der Waals surface area contributed by atoms with Gasteiger partial charge in [-0.05, 0) is 48.3 Å². The van der Waals surface area contributed by atoms with Gasteiger partial charge in [-0.3, -0.25) is 4.79 Å². The molecule has 25 heavy (non-hydrogen) atoms. The summed E-state index contributed by atoms with van der Waals surface area (Å²) in [6, 6.07) is 8.05. The number of amides is 1. The quantitative estimate of drug-likeness (QED) is 0.474. The first-order valence-corrected chi connectivity index (χ1v) is 10.0. The van der Waals surface area contributed by atoms with Crippen molar-refractivity contribution in [1.29, 1.82) is 0 Å². The van der Waals surface area contributed by atoms with Crippen molar-refractivity contribution in [1.82, 2.24) is 5.32 Å². The first-order chi connectivity index (χ1) is 12.0. The van der Waals surface area contributed by atoms with Crippen LogP contribution in [-0.2, 0) is 14.3 Å². The predicted octanol–water partition coefficient (Wildman–Crippen LogP) is 3.91. The molecular formula is C20H27NO3S. The topological polar surface area (TPSA) is 55.4 Å². The van der Waals surface area contributed by atoms with Crippen LogP contribution in [0.1, 0.15) is 38.7 Å². The fourth-order valence-corrected chi connectivity index (χ4v) is 3.51. The zero-order valence-electron chi connectivity index (χ0n) is 15.2. The first kappa shape index (κ1) is 19.6. The first-order valence-electron chi connectivity index (χ1n) is 8.78. The predicted molar refractivity (Wildman–Crippen MR) is 102 cm³/mol. The third kappa shape index (κ3) is 6.24. The lowest BCUT2D eigenvalue weighted by Crippen LogP contribution is -2.45. The molecule has 1 aromatic carbocycles. The average Bonchev–Trinajstić information content (AvgIpc) is 2.62. The minimum absolute atomic E-state index is 0.181. The molecular weight excluding hydrogens is 334 g/mol. The van der Waals surface area contributed by atoms with Crippen molar-refractivity contribution in [2.75, 3.05) is 12.9 Å². The standard InChI is InChI=1S/C20H27NO3S/c1-14-5-4-6-18(15(14)2)21-19(22)13-24-20(23)12-9-16-7-10-17(25-3)11-8-16/h7-12,14-15,18H,4-6,13H2,1-3H3,(H,21,22)/b12-9+/t14-,15+,18-/m0/s1. The zero-order chi connectivity index (χ0) is 18.2. The van der Waals surface area contributed by atoms with Crippen LogP contribution in [0.3, 0.4) is 0 Å². The second kappa shape index (κ2) is 9.66. The molecule has 5 heteroatoms. The van der Waals surface area contributed by atoms with Gasteiger partial charge in [0.1, 0.15) is 0 Å². The molecule has 1 aliphatic carbocycles. The normalized spacial score (nSPS) is 23.4. The highest BCUT2D eigenvalue weighted by Crippen LogP contribution is 2.29. The Morgan fingerprint density at radius 2 is 1.96 bits per heavy atom. The smallest absolute Gasteiger partial charge is 0.331 e. The molecule has 4 nitrogen and oxygen atoms in total. The summed E-state index contributed by atoms with van der Waals surface area (Å²) in [4.78, 5) is 24.9. The molecule has 1 amide bonds. The van der Waals surface area contributed by atoms with Crippen LogP contribution in [0.15, 0.2) is 35.2 Å². The van der Waals surface area contributed by atoms with Gasteiger partial charge < -0.3 is 10.1 Å². The fraction of sp³-hybridized carbons (Fsp3) is 0.500. The number of benzene rings is 1. The molecule has 0 saturated heterocycles. The number of esters is 1. The minimum Gasteiger partial charge on any atom is -0.452 e. The Bertz CT molecular complexity index is 612. The van der Waals surface area contributed by atoms with Crippen LogP contribution in [0.2, 0.25) is 0 Å². The van der Waals surface area contributed by atoms with E-state index in [0.717, 1.165) is 18.4 Å². The van der Waals surface area contributed by atoms with E-state index in [0.29, 0.717) is 11.8 Å². The van der Waals surface area contributed by atoms with Gasteiger partial charge in [-0.1, -0.05) is 38.8 Å².